The third kappa shape index (κ3) is 4.26. The number of hydrogen-bond acceptors (Lipinski definition) is 3. The maximum absolute atomic E-state index is 11.6. The van der Waals surface area contributed by atoms with Crippen LogP contribution in [0.3, 0.4) is 0 Å². The van der Waals surface area contributed by atoms with Gasteiger partial charge in [0, 0.05) is 5.69 Å². The van der Waals surface area contributed by atoms with Gasteiger partial charge < -0.3 is 10.1 Å². The van der Waals surface area contributed by atoms with Crippen molar-refractivity contribution < 1.29 is 14.3 Å². The first-order valence-electron chi connectivity index (χ1n) is 5.70. The van der Waals surface area contributed by atoms with Gasteiger partial charge in [-0.1, -0.05) is 25.1 Å². The maximum Gasteiger partial charge on any atom is 0.315 e. The Labute approximate surface area is 101 Å². The zero-order valence-corrected chi connectivity index (χ0v) is 10.2. The number of carbonyl (C=O) groups is 2. The quantitative estimate of drug-likeness (QED) is 0.628. The van der Waals surface area contributed by atoms with Crippen molar-refractivity contribution in [1.29, 1.82) is 0 Å². The van der Waals surface area contributed by atoms with E-state index in [-0.39, 0.29) is 18.9 Å². The molecule has 0 aliphatic rings. The summed E-state index contributed by atoms with van der Waals surface area (Å²) >= 11 is 0. The lowest BCUT2D eigenvalue weighted by atomic mass is 10.1. The van der Waals surface area contributed by atoms with E-state index in [0.717, 1.165) is 17.7 Å². The number of rotatable bonds is 5. The van der Waals surface area contributed by atoms with Gasteiger partial charge in [0.15, 0.2) is 0 Å². The standard InChI is InChI=1S/C13H17NO3/c1-3-10-7-5-6-8-11(10)14-12(15)9-13(16)17-4-2/h5-8H,3-4,9H2,1-2H3,(H,14,15). The minimum absolute atomic E-state index is 0.244. The number of esters is 1. The summed E-state index contributed by atoms with van der Waals surface area (Å²) in [6.45, 7) is 4.01. The summed E-state index contributed by atoms with van der Waals surface area (Å²) in [5, 5.41) is 2.71. The van der Waals surface area contributed by atoms with Gasteiger partial charge in [0.05, 0.1) is 6.61 Å². The molecule has 17 heavy (non-hydrogen) atoms. The van der Waals surface area contributed by atoms with Crippen LogP contribution < -0.4 is 5.32 Å². The topological polar surface area (TPSA) is 55.4 Å². The first-order chi connectivity index (χ1) is 8.17. The summed E-state index contributed by atoms with van der Waals surface area (Å²) in [5.41, 5.74) is 1.80. The van der Waals surface area contributed by atoms with Crippen LogP contribution in [0.1, 0.15) is 25.8 Å². The molecule has 1 N–H and O–H groups in total. The molecule has 0 unspecified atom stereocenters. The smallest absolute Gasteiger partial charge is 0.315 e. The molecule has 4 nitrogen and oxygen atoms in total. The molecule has 0 radical (unpaired) electrons. The Hall–Kier alpha value is -1.84. The number of para-hydroxylation sites is 1. The number of amides is 1. The number of nitrogens with one attached hydrogen (secondary N) is 1. The second-order valence-electron chi connectivity index (χ2n) is 3.54. The van der Waals surface area contributed by atoms with Crippen molar-refractivity contribution in [1.82, 2.24) is 0 Å². The van der Waals surface area contributed by atoms with E-state index in [9.17, 15) is 9.59 Å². The zero-order chi connectivity index (χ0) is 12.7. The van der Waals surface area contributed by atoms with E-state index in [1.165, 1.54) is 0 Å². The van der Waals surface area contributed by atoms with Gasteiger partial charge in [-0.05, 0) is 25.0 Å². The third-order valence-electron chi connectivity index (χ3n) is 2.28. The van der Waals surface area contributed by atoms with E-state index in [1.54, 1.807) is 6.92 Å². The lowest BCUT2D eigenvalue weighted by Crippen LogP contribution is -2.18. The summed E-state index contributed by atoms with van der Waals surface area (Å²) in [5.74, 6) is -0.844. The lowest BCUT2D eigenvalue weighted by molar-refractivity contribution is -0.145. The predicted molar refractivity (Wildman–Crippen MR) is 65.7 cm³/mol. The van der Waals surface area contributed by atoms with E-state index in [4.69, 9.17) is 4.74 Å². The molecule has 0 saturated carbocycles. The summed E-state index contributed by atoms with van der Waals surface area (Å²) in [7, 11) is 0. The Morgan fingerprint density at radius 3 is 2.59 bits per heavy atom. The molecule has 1 amide bonds. The molecule has 1 rings (SSSR count). The molecule has 0 aliphatic carbocycles. The number of carbonyl (C=O) groups excluding carboxylic acids is 2. The molecular weight excluding hydrogens is 218 g/mol. The van der Waals surface area contributed by atoms with Crippen molar-refractivity contribution in [2.45, 2.75) is 26.7 Å². The van der Waals surface area contributed by atoms with Crippen LogP contribution in [0.5, 0.6) is 0 Å². The van der Waals surface area contributed by atoms with Crippen LogP contribution in [0.4, 0.5) is 5.69 Å². The summed E-state index contributed by atoms with van der Waals surface area (Å²) < 4.78 is 4.71. The molecular formula is C13H17NO3. The summed E-state index contributed by atoms with van der Waals surface area (Å²) in [4.78, 5) is 22.7. The van der Waals surface area contributed by atoms with Crippen LogP contribution >= 0.6 is 0 Å². The largest absolute Gasteiger partial charge is 0.466 e. The molecule has 1 aromatic carbocycles. The first kappa shape index (κ1) is 13.2. The predicted octanol–water partition coefficient (Wildman–Crippen LogP) is 2.14. The van der Waals surface area contributed by atoms with Crippen molar-refractivity contribution in [2.24, 2.45) is 0 Å². The highest BCUT2D eigenvalue weighted by Crippen LogP contribution is 2.15. The molecule has 0 aliphatic heterocycles. The fourth-order valence-electron chi connectivity index (χ4n) is 1.49. The number of benzene rings is 1. The monoisotopic (exact) mass is 235 g/mol. The van der Waals surface area contributed by atoms with Gasteiger partial charge in [-0.25, -0.2) is 0 Å². The van der Waals surface area contributed by atoms with Crippen LogP contribution in [0.2, 0.25) is 0 Å². The second kappa shape index (κ2) is 6.68. The van der Waals surface area contributed by atoms with Gasteiger partial charge in [-0.3, -0.25) is 9.59 Å². The van der Waals surface area contributed by atoms with Crippen LogP contribution in [0.25, 0.3) is 0 Å². The summed E-state index contributed by atoms with van der Waals surface area (Å²) in [6.07, 6.45) is 0.585. The highest BCUT2D eigenvalue weighted by molar-refractivity contribution is 6.02. The average Bonchev–Trinajstić information content (AvgIpc) is 2.29. The normalized spacial score (nSPS) is 9.76. The third-order valence-corrected chi connectivity index (χ3v) is 2.28. The second-order valence-corrected chi connectivity index (χ2v) is 3.54. The zero-order valence-electron chi connectivity index (χ0n) is 10.2. The average molecular weight is 235 g/mol. The molecule has 0 bridgehead atoms. The molecule has 0 fully saturated rings. The molecule has 0 saturated heterocycles. The van der Waals surface area contributed by atoms with Crippen molar-refractivity contribution in [3.63, 3.8) is 0 Å². The van der Waals surface area contributed by atoms with Crippen molar-refractivity contribution in [2.75, 3.05) is 11.9 Å². The molecule has 92 valence electrons. The minimum Gasteiger partial charge on any atom is -0.466 e. The highest BCUT2D eigenvalue weighted by Gasteiger charge is 2.11. The van der Waals surface area contributed by atoms with Crippen LogP contribution in [0.15, 0.2) is 24.3 Å². The van der Waals surface area contributed by atoms with Gasteiger partial charge in [0.25, 0.3) is 0 Å². The SMILES string of the molecule is CCOC(=O)CC(=O)Nc1ccccc1CC. The highest BCUT2D eigenvalue weighted by atomic mass is 16.5. The molecule has 1 aromatic rings. The van der Waals surface area contributed by atoms with E-state index in [0.29, 0.717) is 0 Å². The van der Waals surface area contributed by atoms with Gasteiger partial charge >= 0.3 is 5.97 Å². The van der Waals surface area contributed by atoms with Gasteiger partial charge in [0.1, 0.15) is 6.42 Å². The summed E-state index contributed by atoms with van der Waals surface area (Å²) in [6, 6.07) is 7.53. The molecule has 4 heteroatoms. The van der Waals surface area contributed by atoms with E-state index in [1.807, 2.05) is 31.2 Å². The maximum atomic E-state index is 11.6. The number of anilines is 1. The number of aryl methyl sites for hydroxylation is 1. The van der Waals surface area contributed by atoms with E-state index < -0.39 is 5.97 Å². The van der Waals surface area contributed by atoms with Crippen LogP contribution in [-0.2, 0) is 20.7 Å². The Morgan fingerprint density at radius 2 is 1.94 bits per heavy atom. The Kier molecular flexibility index (Phi) is 5.20. The molecule has 0 spiro atoms. The Morgan fingerprint density at radius 1 is 1.24 bits per heavy atom. The van der Waals surface area contributed by atoms with Gasteiger partial charge in [0.2, 0.25) is 5.91 Å². The van der Waals surface area contributed by atoms with Crippen LogP contribution in [-0.4, -0.2) is 18.5 Å². The van der Waals surface area contributed by atoms with Gasteiger partial charge in [-0.2, -0.15) is 0 Å². The van der Waals surface area contributed by atoms with Crippen molar-refractivity contribution >= 4 is 17.6 Å². The van der Waals surface area contributed by atoms with E-state index in [2.05, 4.69) is 5.32 Å². The first-order valence-corrected chi connectivity index (χ1v) is 5.70. The Bertz CT molecular complexity index is 401. The fourth-order valence-corrected chi connectivity index (χ4v) is 1.49. The van der Waals surface area contributed by atoms with Crippen molar-refractivity contribution in [3.8, 4) is 0 Å². The van der Waals surface area contributed by atoms with Crippen molar-refractivity contribution in [3.05, 3.63) is 29.8 Å². The molecule has 0 atom stereocenters. The molecule has 0 aromatic heterocycles. The van der Waals surface area contributed by atoms with Crippen LogP contribution in [0, 0.1) is 0 Å². The number of ether oxygens (including phenoxy) is 1. The molecule has 0 heterocycles. The van der Waals surface area contributed by atoms with E-state index >= 15 is 0 Å². The Balaban J connectivity index is 2.59. The number of hydrogen-bond donors (Lipinski definition) is 1. The fraction of sp³-hybridized carbons (Fsp3) is 0.385. The lowest BCUT2D eigenvalue weighted by Gasteiger charge is -2.09. The minimum atomic E-state index is -0.501. The van der Waals surface area contributed by atoms with Gasteiger partial charge in [-0.15, -0.1) is 0 Å².